The van der Waals surface area contributed by atoms with Gasteiger partial charge in [-0.15, -0.1) is 11.3 Å². The van der Waals surface area contributed by atoms with E-state index in [0.717, 1.165) is 15.8 Å². The number of hydrogen-bond acceptors (Lipinski definition) is 3. The van der Waals surface area contributed by atoms with E-state index in [9.17, 15) is 4.79 Å². The number of aromatic nitrogens is 2. The van der Waals surface area contributed by atoms with E-state index < -0.39 is 0 Å². The zero-order chi connectivity index (χ0) is 17.9. The number of benzene rings is 1. The molecule has 3 heterocycles. The Labute approximate surface area is 156 Å². The van der Waals surface area contributed by atoms with Crippen LogP contribution in [0.15, 0.2) is 67.0 Å². The topological polar surface area (TPSA) is 46.9 Å². The van der Waals surface area contributed by atoms with Crippen molar-refractivity contribution in [2.75, 3.05) is 0 Å². The molecule has 0 radical (unpaired) electrons. The Morgan fingerprint density at radius 2 is 1.92 bits per heavy atom. The summed E-state index contributed by atoms with van der Waals surface area (Å²) in [6.45, 7) is 3.24. The lowest BCUT2D eigenvalue weighted by molar-refractivity contribution is 0.0942. The first kappa shape index (κ1) is 16.5. The highest BCUT2D eigenvalue weighted by Crippen LogP contribution is 2.29. The summed E-state index contributed by atoms with van der Waals surface area (Å²) in [5.74, 6) is -0.0640. The van der Waals surface area contributed by atoms with Crippen molar-refractivity contribution in [3.05, 3.63) is 88.7 Å². The molecule has 5 heteroatoms. The minimum absolute atomic E-state index is 0.0640. The third-order valence-electron chi connectivity index (χ3n) is 4.30. The van der Waals surface area contributed by atoms with Crippen LogP contribution in [0.2, 0.25) is 0 Å². The molecule has 0 unspecified atom stereocenters. The molecule has 0 spiro atoms. The molecule has 0 fully saturated rings. The summed E-state index contributed by atoms with van der Waals surface area (Å²) in [5.41, 5.74) is 3.97. The van der Waals surface area contributed by atoms with Gasteiger partial charge in [0.2, 0.25) is 0 Å². The van der Waals surface area contributed by atoms with Crippen molar-refractivity contribution in [2.45, 2.75) is 20.0 Å². The lowest BCUT2D eigenvalue weighted by atomic mass is 10.2. The molecular weight excluding hydrogens is 342 g/mol. The smallest absolute Gasteiger partial charge is 0.268 e. The summed E-state index contributed by atoms with van der Waals surface area (Å²) in [7, 11) is 0. The van der Waals surface area contributed by atoms with Gasteiger partial charge in [-0.25, -0.2) is 0 Å². The summed E-state index contributed by atoms with van der Waals surface area (Å²) in [5, 5.41) is 3.01. The second-order valence-electron chi connectivity index (χ2n) is 6.25. The molecule has 0 aliphatic carbocycles. The van der Waals surface area contributed by atoms with Crippen LogP contribution in [-0.4, -0.2) is 15.5 Å². The number of carbonyl (C=O) groups excluding carboxylic acids is 1. The third kappa shape index (κ3) is 3.39. The molecule has 1 amide bonds. The van der Waals surface area contributed by atoms with Gasteiger partial charge in [-0.2, -0.15) is 0 Å². The standard InChI is InChI=1S/C21H19N3OS/c1-15-10-18-20(26-15)11-19(24(18)14-16-6-3-2-4-7-16)21(25)23-13-17-8-5-9-22-12-17/h2-12H,13-14H2,1H3,(H,23,25). The Balaban J connectivity index is 1.64. The number of aryl methyl sites for hydroxylation is 1. The van der Waals surface area contributed by atoms with Gasteiger partial charge in [-0.1, -0.05) is 36.4 Å². The number of pyridine rings is 1. The van der Waals surface area contributed by atoms with Gasteiger partial charge in [0.15, 0.2) is 0 Å². The molecule has 0 atom stereocenters. The summed E-state index contributed by atoms with van der Waals surface area (Å²) < 4.78 is 3.25. The van der Waals surface area contributed by atoms with Gasteiger partial charge in [-0.3, -0.25) is 9.78 Å². The number of amides is 1. The van der Waals surface area contributed by atoms with Gasteiger partial charge in [0.05, 0.1) is 10.2 Å². The van der Waals surface area contributed by atoms with E-state index in [0.29, 0.717) is 18.8 Å². The molecule has 0 aliphatic rings. The number of hydrogen-bond donors (Lipinski definition) is 1. The molecule has 0 bridgehead atoms. The number of carbonyl (C=O) groups is 1. The average molecular weight is 361 g/mol. The van der Waals surface area contributed by atoms with Gasteiger partial charge >= 0.3 is 0 Å². The number of nitrogens with zero attached hydrogens (tertiary/aromatic N) is 2. The minimum Gasteiger partial charge on any atom is -0.347 e. The molecule has 1 aromatic carbocycles. The van der Waals surface area contributed by atoms with Crippen molar-refractivity contribution in [2.24, 2.45) is 0 Å². The number of fused-ring (bicyclic) bond motifs is 1. The lowest BCUT2D eigenvalue weighted by Crippen LogP contribution is -2.25. The number of thiophene rings is 1. The molecule has 0 saturated heterocycles. The third-order valence-corrected chi connectivity index (χ3v) is 5.29. The second-order valence-corrected chi connectivity index (χ2v) is 7.54. The van der Waals surface area contributed by atoms with Crippen molar-refractivity contribution in [3.63, 3.8) is 0 Å². The molecule has 4 rings (SSSR count). The molecule has 4 aromatic rings. The van der Waals surface area contributed by atoms with E-state index in [1.54, 1.807) is 23.7 Å². The minimum atomic E-state index is -0.0640. The van der Waals surface area contributed by atoms with Crippen molar-refractivity contribution in [1.82, 2.24) is 14.9 Å². The second kappa shape index (κ2) is 7.14. The fourth-order valence-corrected chi connectivity index (χ4v) is 4.03. The SMILES string of the molecule is Cc1cc2c(cc(C(=O)NCc3cccnc3)n2Cc2ccccc2)s1. The summed E-state index contributed by atoms with van der Waals surface area (Å²) in [4.78, 5) is 18.2. The van der Waals surface area contributed by atoms with E-state index in [-0.39, 0.29) is 5.91 Å². The average Bonchev–Trinajstić information content (AvgIpc) is 3.19. The molecular formula is C21H19N3OS. The molecule has 1 N–H and O–H groups in total. The zero-order valence-electron chi connectivity index (χ0n) is 14.5. The maximum Gasteiger partial charge on any atom is 0.268 e. The Hall–Kier alpha value is -2.92. The van der Waals surface area contributed by atoms with E-state index in [1.165, 1.54) is 10.4 Å². The quantitative estimate of drug-likeness (QED) is 0.573. The first-order valence-electron chi connectivity index (χ1n) is 8.51. The van der Waals surface area contributed by atoms with Gasteiger partial charge in [0.25, 0.3) is 5.91 Å². The van der Waals surface area contributed by atoms with Crippen molar-refractivity contribution >= 4 is 27.5 Å². The molecule has 4 nitrogen and oxygen atoms in total. The fraction of sp³-hybridized carbons (Fsp3) is 0.143. The summed E-state index contributed by atoms with van der Waals surface area (Å²) >= 11 is 1.72. The van der Waals surface area contributed by atoms with Gasteiger partial charge in [0.1, 0.15) is 5.69 Å². The van der Waals surface area contributed by atoms with Crippen LogP contribution in [0, 0.1) is 6.92 Å². The first-order chi connectivity index (χ1) is 12.7. The van der Waals surface area contributed by atoms with Crippen LogP contribution in [0.25, 0.3) is 10.2 Å². The normalized spacial score (nSPS) is 11.0. The molecule has 26 heavy (non-hydrogen) atoms. The zero-order valence-corrected chi connectivity index (χ0v) is 15.3. The van der Waals surface area contributed by atoms with E-state index in [4.69, 9.17) is 0 Å². The molecule has 130 valence electrons. The Morgan fingerprint density at radius 3 is 2.69 bits per heavy atom. The number of nitrogens with one attached hydrogen (secondary N) is 1. The van der Waals surface area contributed by atoms with Crippen LogP contribution in [0.4, 0.5) is 0 Å². The Bertz CT molecular complexity index is 1040. The van der Waals surface area contributed by atoms with Gasteiger partial charge in [-0.05, 0) is 36.2 Å². The van der Waals surface area contributed by atoms with Crippen LogP contribution in [0.3, 0.4) is 0 Å². The molecule has 0 saturated carbocycles. The monoisotopic (exact) mass is 361 g/mol. The van der Waals surface area contributed by atoms with E-state index in [2.05, 4.69) is 40.0 Å². The fourth-order valence-electron chi connectivity index (χ4n) is 3.07. The molecule has 0 aliphatic heterocycles. The van der Waals surface area contributed by atoms with Crippen LogP contribution in [-0.2, 0) is 13.1 Å². The van der Waals surface area contributed by atoms with Crippen LogP contribution < -0.4 is 5.32 Å². The van der Waals surface area contributed by atoms with Gasteiger partial charge < -0.3 is 9.88 Å². The van der Waals surface area contributed by atoms with Gasteiger partial charge in [0, 0.05) is 30.4 Å². The van der Waals surface area contributed by atoms with Crippen LogP contribution >= 0.6 is 11.3 Å². The lowest BCUT2D eigenvalue weighted by Gasteiger charge is -2.11. The molecule has 3 aromatic heterocycles. The Morgan fingerprint density at radius 1 is 1.12 bits per heavy atom. The predicted molar refractivity (Wildman–Crippen MR) is 106 cm³/mol. The highest BCUT2D eigenvalue weighted by atomic mass is 32.1. The first-order valence-corrected chi connectivity index (χ1v) is 9.33. The summed E-state index contributed by atoms with van der Waals surface area (Å²) in [6, 6.07) is 18.2. The maximum absolute atomic E-state index is 12.8. The highest BCUT2D eigenvalue weighted by molar-refractivity contribution is 7.19. The number of rotatable bonds is 5. The van der Waals surface area contributed by atoms with Crippen molar-refractivity contribution < 1.29 is 4.79 Å². The van der Waals surface area contributed by atoms with E-state index >= 15 is 0 Å². The maximum atomic E-state index is 12.8. The van der Waals surface area contributed by atoms with Crippen molar-refractivity contribution in [3.8, 4) is 0 Å². The Kier molecular flexibility index (Phi) is 4.54. The predicted octanol–water partition coefficient (Wildman–Crippen LogP) is 4.38. The largest absolute Gasteiger partial charge is 0.347 e. The van der Waals surface area contributed by atoms with E-state index in [1.807, 2.05) is 36.4 Å². The van der Waals surface area contributed by atoms with Crippen molar-refractivity contribution in [1.29, 1.82) is 0 Å². The summed E-state index contributed by atoms with van der Waals surface area (Å²) in [6.07, 6.45) is 3.50. The van der Waals surface area contributed by atoms with Crippen LogP contribution in [0.5, 0.6) is 0 Å². The van der Waals surface area contributed by atoms with Crippen LogP contribution in [0.1, 0.15) is 26.5 Å². The highest BCUT2D eigenvalue weighted by Gasteiger charge is 2.17.